The second-order valence-corrected chi connectivity index (χ2v) is 1.53. The van der Waals surface area contributed by atoms with E-state index in [0.29, 0.717) is 0 Å². The Bertz CT molecular complexity index is 121. The molecule has 58 valence electrons. The van der Waals surface area contributed by atoms with Crippen molar-refractivity contribution in [2.45, 2.75) is 20.8 Å². The van der Waals surface area contributed by atoms with E-state index in [2.05, 4.69) is 6.58 Å². The highest BCUT2D eigenvalue weighted by molar-refractivity contribution is 5.65. The Morgan fingerprint density at radius 1 is 1.30 bits per heavy atom. The van der Waals surface area contributed by atoms with Crippen molar-refractivity contribution in [3.05, 3.63) is 24.9 Å². The topological polar surface area (TPSA) is 3.01 Å². The van der Waals surface area contributed by atoms with Gasteiger partial charge < -0.3 is 0 Å². The van der Waals surface area contributed by atoms with Crippen LogP contribution in [0.4, 0.5) is 0 Å². The van der Waals surface area contributed by atoms with Gasteiger partial charge >= 0.3 is 0 Å². The lowest BCUT2D eigenvalue weighted by Gasteiger charge is -1.78. The van der Waals surface area contributed by atoms with Crippen LogP contribution in [0.1, 0.15) is 20.8 Å². The predicted octanol–water partition coefficient (Wildman–Crippen LogP) is 2.45. The third-order valence-electron chi connectivity index (χ3n) is 0.725. The molecule has 0 radical (unpaired) electrons. The Morgan fingerprint density at radius 2 is 1.80 bits per heavy atom. The fourth-order valence-electron chi connectivity index (χ4n) is 0.451. The van der Waals surface area contributed by atoms with Crippen LogP contribution in [-0.4, -0.2) is 17.8 Å². The molecule has 0 heterocycles. The van der Waals surface area contributed by atoms with E-state index in [-0.39, 0.29) is 0 Å². The number of hydrogen-bond acceptors (Lipinski definition) is 0. The second kappa shape index (κ2) is 11.0. The van der Waals surface area contributed by atoms with Gasteiger partial charge in [0.25, 0.3) is 0 Å². The molecule has 1 nitrogen and oxygen atoms in total. The first-order valence-electron chi connectivity index (χ1n) is 3.62. The summed E-state index contributed by atoms with van der Waals surface area (Å²) >= 11 is 0. The van der Waals surface area contributed by atoms with Gasteiger partial charge in [-0.3, -0.25) is 0 Å². The largest absolute Gasteiger partial charge is 0.208 e. The molecule has 0 aliphatic carbocycles. The molecule has 0 aromatic rings. The van der Waals surface area contributed by atoms with Gasteiger partial charge in [0.15, 0.2) is 12.4 Å². The molecule has 0 amide bonds. The molecular formula is C9H18N+. The van der Waals surface area contributed by atoms with Crippen LogP contribution in [0.2, 0.25) is 0 Å². The molecular weight excluding hydrogens is 122 g/mol. The first kappa shape index (κ1) is 11.9. The van der Waals surface area contributed by atoms with Crippen LogP contribution in [0.15, 0.2) is 24.9 Å². The first-order chi connectivity index (χ1) is 4.81. The number of hydrogen-bond donors (Lipinski definition) is 0. The van der Waals surface area contributed by atoms with Crippen LogP contribution in [0.3, 0.4) is 0 Å². The molecule has 0 aliphatic heterocycles. The van der Waals surface area contributed by atoms with Crippen LogP contribution < -0.4 is 0 Å². The third-order valence-corrected chi connectivity index (χ3v) is 0.725. The maximum absolute atomic E-state index is 3.55. The molecule has 0 rings (SSSR count). The SMILES string of the molecule is C=CC=[N+](C)/C=C\C.CC. The molecule has 10 heavy (non-hydrogen) atoms. The third kappa shape index (κ3) is 10.2. The van der Waals surface area contributed by atoms with Crippen molar-refractivity contribution in [1.29, 1.82) is 0 Å². The van der Waals surface area contributed by atoms with Crippen molar-refractivity contribution in [2.75, 3.05) is 7.05 Å². The van der Waals surface area contributed by atoms with Crippen LogP contribution in [0.25, 0.3) is 0 Å². The van der Waals surface area contributed by atoms with Crippen molar-refractivity contribution in [3.8, 4) is 0 Å². The van der Waals surface area contributed by atoms with Crippen molar-refractivity contribution in [1.82, 2.24) is 0 Å². The molecule has 0 aromatic heterocycles. The molecule has 0 atom stereocenters. The van der Waals surface area contributed by atoms with Gasteiger partial charge in [0.05, 0.1) is 0 Å². The van der Waals surface area contributed by atoms with Crippen molar-refractivity contribution in [2.24, 2.45) is 0 Å². The lowest BCUT2D eigenvalue weighted by molar-refractivity contribution is -0.416. The molecule has 0 unspecified atom stereocenters. The van der Waals surface area contributed by atoms with E-state index in [4.69, 9.17) is 0 Å². The summed E-state index contributed by atoms with van der Waals surface area (Å²) in [6, 6.07) is 0. The molecule has 1 heteroatoms. The molecule has 0 saturated carbocycles. The summed E-state index contributed by atoms with van der Waals surface area (Å²) in [6.45, 7) is 9.53. The Morgan fingerprint density at radius 3 is 2.10 bits per heavy atom. The van der Waals surface area contributed by atoms with E-state index in [1.54, 1.807) is 6.08 Å². The second-order valence-electron chi connectivity index (χ2n) is 1.53. The van der Waals surface area contributed by atoms with Gasteiger partial charge in [0, 0.05) is 0 Å². The van der Waals surface area contributed by atoms with Gasteiger partial charge in [-0.15, -0.1) is 0 Å². The maximum atomic E-state index is 3.55. The highest BCUT2D eigenvalue weighted by Crippen LogP contribution is 1.69. The van der Waals surface area contributed by atoms with Gasteiger partial charge in [-0.25, -0.2) is 4.58 Å². The zero-order chi connectivity index (χ0) is 8.41. The summed E-state index contributed by atoms with van der Waals surface area (Å²) in [6.07, 6.45) is 7.57. The summed E-state index contributed by atoms with van der Waals surface area (Å²) in [4.78, 5) is 0. The summed E-state index contributed by atoms with van der Waals surface area (Å²) < 4.78 is 1.94. The quantitative estimate of drug-likeness (QED) is 0.409. The number of rotatable bonds is 2. The average molecular weight is 140 g/mol. The first-order valence-corrected chi connectivity index (χ1v) is 3.62. The summed E-state index contributed by atoms with van der Waals surface area (Å²) in [7, 11) is 1.96. The minimum Gasteiger partial charge on any atom is -0.208 e. The van der Waals surface area contributed by atoms with Gasteiger partial charge in [-0.05, 0) is 19.1 Å². The zero-order valence-corrected chi connectivity index (χ0v) is 7.46. The fourth-order valence-corrected chi connectivity index (χ4v) is 0.451. The molecule has 0 fully saturated rings. The number of allylic oxidation sites excluding steroid dienone is 2. The predicted molar refractivity (Wildman–Crippen MR) is 48.6 cm³/mol. The molecule has 0 aromatic carbocycles. The standard InChI is InChI=1S/C7H12N.C2H6/c1-4-6-8(3)7-5-2;1-2/h4-7H,1H2,2-3H3;1-2H3/q+1;/b7-5-,8-6?;. The molecule has 0 N–H and O–H groups in total. The van der Waals surface area contributed by atoms with E-state index in [1.165, 1.54) is 0 Å². The van der Waals surface area contributed by atoms with Gasteiger partial charge in [-0.2, -0.15) is 0 Å². The highest BCUT2D eigenvalue weighted by atomic mass is 14.9. The van der Waals surface area contributed by atoms with Gasteiger partial charge in [0.2, 0.25) is 0 Å². The summed E-state index contributed by atoms with van der Waals surface area (Å²) in [5, 5.41) is 0. The molecule has 0 bridgehead atoms. The van der Waals surface area contributed by atoms with Crippen LogP contribution in [-0.2, 0) is 0 Å². The Labute approximate surface area is 64.4 Å². The average Bonchev–Trinajstić information content (AvgIpc) is 1.93. The van der Waals surface area contributed by atoms with Crippen LogP contribution in [0, 0.1) is 0 Å². The lowest BCUT2D eigenvalue weighted by atomic mass is 10.6. The van der Waals surface area contributed by atoms with E-state index >= 15 is 0 Å². The highest BCUT2D eigenvalue weighted by Gasteiger charge is 1.77. The Kier molecular flexibility index (Phi) is 13.1. The summed E-state index contributed by atoms with van der Waals surface area (Å²) in [5.74, 6) is 0. The van der Waals surface area contributed by atoms with Gasteiger partial charge in [0.1, 0.15) is 7.05 Å². The van der Waals surface area contributed by atoms with Crippen LogP contribution in [0.5, 0.6) is 0 Å². The van der Waals surface area contributed by atoms with E-state index < -0.39 is 0 Å². The minimum absolute atomic E-state index is 1.75. The number of nitrogens with zero attached hydrogens (tertiary/aromatic N) is 1. The Hall–Kier alpha value is -0.850. The lowest BCUT2D eigenvalue weighted by Crippen LogP contribution is -1.93. The Balaban J connectivity index is 0. The normalized spacial score (nSPS) is 10.6. The maximum Gasteiger partial charge on any atom is 0.167 e. The molecule has 0 spiro atoms. The monoisotopic (exact) mass is 140 g/mol. The summed E-state index contributed by atoms with van der Waals surface area (Å²) in [5.41, 5.74) is 0. The van der Waals surface area contributed by atoms with Crippen molar-refractivity contribution in [3.63, 3.8) is 0 Å². The van der Waals surface area contributed by atoms with E-state index in [1.807, 2.05) is 50.9 Å². The fraction of sp³-hybridized carbons (Fsp3) is 0.444. The minimum atomic E-state index is 1.75. The van der Waals surface area contributed by atoms with Crippen molar-refractivity contribution >= 4 is 6.21 Å². The van der Waals surface area contributed by atoms with Crippen molar-refractivity contribution < 1.29 is 4.58 Å². The van der Waals surface area contributed by atoms with Crippen LogP contribution >= 0.6 is 0 Å². The van der Waals surface area contributed by atoms with E-state index in [0.717, 1.165) is 0 Å². The molecule has 0 aliphatic rings. The van der Waals surface area contributed by atoms with Gasteiger partial charge in [-0.1, -0.05) is 20.4 Å². The smallest absolute Gasteiger partial charge is 0.167 e. The zero-order valence-electron chi connectivity index (χ0n) is 7.46. The molecule has 0 saturated heterocycles. The van der Waals surface area contributed by atoms with E-state index in [9.17, 15) is 0 Å².